The molecule has 2 bridgehead atoms. The van der Waals surface area contributed by atoms with Crippen molar-refractivity contribution in [1.29, 1.82) is 5.26 Å². The zero-order valence-corrected chi connectivity index (χ0v) is 23.0. The van der Waals surface area contributed by atoms with Crippen molar-refractivity contribution in [2.75, 3.05) is 26.2 Å². The highest BCUT2D eigenvalue weighted by Gasteiger charge is 2.47. The minimum Gasteiger partial charge on any atom is -1.00 e. The molecule has 5 nitrogen and oxygen atoms in total. The fraction of sp³-hybridized carbons (Fsp3) is 0.345. The Labute approximate surface area is 235 Å². The highest BCUT2D eigenvalue weighted by atomic mass is 79.9. The number of halogens is 3. The molecule has 0 amide bonds. The van der Waals surface area contributed by atoms with Gasteiger partial charge in [-0.15, -0.1) is 11.3 Å². The van der Waals surface area contributed by atoms with E-state index < -0.39 is 23.7 Å². The number of nitrogens with zero attached hydrogens (tertiary/aromatic N) is 2. The number of piperidine rings is 3. The van der Waals surface area contributed by atoms with Gasteiger partial charge < -0.3 is 26.2 Å². The maximum absolute atomic E-state index is 14.0. The van der Waals surface area contributed by atoms with Gasteiger partial charge in [0.25, 0.3) is 0 Å². The van der Waals surface area contributed by atoms with Crippen LogP contribution in [0.4, 0.5) is 8.78 Å². The molecule has 1 aromatic heterocycles. The molecule has 9 heteroatoms. The van der Waals surface area contributed by atoms with Crippen LogP contribution in [0.2, 0.25) is 0 Å². The van der Waals surface area contributed by atoms with Crippen LogP contribution in [0.5, 0.6) is 0 Å². The van der Waals surface area contributed by atoms with Crippen molar-refractivity contribution in [2.45, 2.75) is 25.4 Å². The summed E-state index contributed by atoms with van der Waals surface area (Å²) in [5, 5.41) is 9.08. The van der Waals surface area contributed by atoms with Crippen LogP contribution in [0.15, 0.2) is 60.7 Å². The number of hydrogen-bond acceptors (Lipinski definition) is 5. The molecular formula is C29H27BrF2N2O3S. The predicted octanol–water partition coefficient (Wildman–Crippen LogP) is 2.66. The SMILES string of the molecule is N#Cc1ccc(C(=O)C[N+]23CCC(CC2)[C@@H](CC(=O)OC(c2cccc(F)c2)c2cccc(F)c2)C3)s1.[Br-]. The van der Waals surface area contributed by atoms with Crippen LogP contribution in [0.1, 0.15) is 51.0 Å². The zero-order chi connectivity index (χ0) is 26.0. The summed E-state index contributed by atoms with van der Waals surface area (Å²) >= 11 is 1.22. The fourth-order valence-electron chi connectivity index (χ4n) is 5.88. The summed E-state index contributed by atoms with van der Waals surface area (Å²) < 4.78 is 34.4. The highest BCUT2D eigenvalue weighted by molar-refractivity contribution is 7.14. The molecule has 38 heavy (non-hydrogen) atoms. The number of thiophene rings is 1. The molecule has 0 saturated carbocycles. The molecule has 1 atom stereocenters. The summed E-state index contributed by atoms with van der Waals surface area (Å²) in [7, 11) is 0. The van der Waals surface area contributed by atoms with Crippen LogP contribution < -0.4 is 17.0 Å². The lowest BCUT2D eigenvalue weighted by atomic mass is 9.75. The third kappa shape index (κ3) is 6.20. The third-order valence-electron chi connectivity index (χ3n) is 7.69. The van der Waals surface area contributed by atoms with Gasteiger partial charge in [-0.1, -0.05) is 24.3 Å². The second-order valence-corrected chi connectivity index (χ2v) is 11.2. The molecule has 0 spiro atoms. The van der Waals surface area contributed by atoms with E-state index in [0.29, 0.717) is 44.4 Å². The van der Waals surface area contributed by atoms with Crippen molar-refractivity contribution in [3.63, 3.8) is 0 Å². The average Bonchev–Trinajstić information content (AvgIpc) is 3.37. The van der Waals surface area contributed by atoms with E-state index in [1.165, 1.54) is 47.7 Å². The Hall–Kier alpha value is -2.93. The number of fused-ring (bicyclic) bond motifs is 3. The number of hydrogen-bond donors (Lipinski definition) is 0. The second kappa shape index (κ2) is 11.9. The van der Waals surface area contributed by atoms with Crippen molar-refractivity contribution in [3.8, 4) is 6.07 Å². The third-order valence-corrected chi connectivity index (χ3v) is 8.72. The number of quaternary nitrogens is 1. The standard InChI is InChI=1S/C29H27F2N2O3S.BrH/c30-23-5-1-3-20(13-23)29(21-4-2-6-24(31)14-21)36-28(35)15-22-17-33(11-9-19(22)10-12-33)18-26(34)27-8-7-25(16-32)37-27;/h1-8,13-14,19,22,29H,9-12,15,17-18H2;1H/q+1;/p-1/t19?,22-,33?;/m0./s1. The number of rotatable bonds is 8. The van der Waals surface area contributed by atoms with Crippen molar-refractivity contribution in [1.82, 2.24) is 0 Å². The lowest BCUT2D eigenvalue weighted by Crippen LogP contribution is -3.00. The Morgan fingerprint density at radius 3 is 2.21 bits per heavy atom. The first-order valence-corrected chi connectivity index (χ1v) is 13.2. The molecular weight excluding hydrogens is 574 g/mol. The summed E-state index contributed by atoms with van der Waals surface area (Å²) in [5.74, 6) is -0.853. The molecule has 198 valence electrons. The number of ketones is 1. The molecule has 6 rings (SSSR count). The van der Waals surface area contributed by atoms with Crippen LogP contribution in [-0.4, -0.2) is 42.4 Å². The molecule has 0 unspecified atom stereocenters. The molecule has 4 heterocycles. The number of Topliss-reactive ketones (excluding diaryl/α,β-unsaturated/α-hetero) is 1. The first kappa shape index (κ1) is 28.1. The van der Waals surface area contributed by atoms with Crippen molar-refractivity contribution in [3.05, 3.63) is 93.2 Å². The fourth-order valence-corrected chi connectivity index (χ4v) is 6.61. The van der Waals surface area contributed by atoms with Crippen LogP contribution in [0.3, 0.4) is 0 Å². The van der Waals surface area contributed by atoms with E-state index in [1.807, 2.05) is 0 Å². The Morgan fingerprint density at radius 1 is 1.03 bits per heavy atom. The summed E-state index contributed by atoms with van der Waals surface area (Å²) in [4.78, 5) is 27.3. The Balaban J connectivity index is 0.00000336. The molecule has 3 fully saturated rings. The number of carbonyl (C=O) groups is 2. The largest absolute Gasteiger partial charge is 1.00 e. The minimum absolute atomic E-state index is 0. The van der Waals surface area contributed by atoms with Crippen LogP contribution >= 0.6 is 11.3 Å². The lowest BCUT2D eigenvalue weighted by Gasteiger charge is -2.52. The van der Waals surface area contributed by atoms with Crippen molar-refractivity contribution in [2.24, 2.45) is 11.8 Å². The molecule has 0 aliphatic carbocycles. The molecule has 3 aliphatic heterocycles. The quantitative estimate of drug-likeness (QED) is 0.226. The Kier molecular flexibility index (Phi) is 8.76. The van der Waals surface area contributed by atoms with Gasteiger partial charge in [-0.3, -0.25) is 9.59 Å². The topological polar surface area (TPSA) is 67.2 Å². The molecule has 2 aromatic carbocycles. The van der Waals surface area contributed by atoms with Crippen molar-refractivity contribution >= 4 is 23.1 Å². The van der Waals surface area contributed by atoms with Gasteiger partial charge in [0, 0.05) is 18.8 Å². The van der Waals surface area contributed by atoms with Gasteiger partial charge in [-0.25, -0.2) is 8.78 Å². The van der Waals surface area contributed by atoms with Gasteiger partial charge in [0.15, 0.2) is 6.10 Å². The van der Waals surface area contributed by atoms with E-state index in [1.54, 1.807) is 24.3 Å². The number of ether oxygens (including phenoxy) is 1. The Bertz CT molecular complexity index is 1320. The molecule has 3 saturated heterocycles. The Morgan fingerprint density at radius 2 is 1.66 bits per heavy atom. The summed E-state index contributed by atoms with van der Waals surface area (Å²) in [6.45, 7) is 2.87. The second-order valence-electron chi connectivity index (χ2n) is 10.1. The van der Waals surface area contributed by atoms with E-state index >= 15 is 0 Å². The van der Waals surface area contributed by atoms with Gasteiger partial charge in [-0.05, 0) is 53.4 Å². The smallest absolute Gasteiger partial charge is 0.307 e. The predicted molar refractivity (Wildman–Crippen MR) is 135 cm³/mol. The lowest BCUT2D eigenvalue weighted by molar-refractivity contribution is -0.939. The summed E-state index contributed by atoms with van der Waals surface area (Å²) in [6, 6.07) is 17.1. The van der Waals surface area contributed by atoms with Crippen LogP contribution in [0.25, 0.3) is 0 Å². The van der Waals surface area contributed by atoms with E-state index in [4.69, 9.17) is 10.00 Å². The number of carbonyl (C=O) groups excluding carboxylic acids is 2. The van der Waals surface area contributed by atoms with Gasteiger partial charge in [0.1, 0.15) is 29.1 Å². The summed E-state index contributed by atoms with van der Waals surface area (Å²) in [6.07, 6.45) is 1.16. The van der Waals surface area contributed by atoms with Crippen LogP contribution in [-0.2, 0) is 9.53 Å². The minimum atomic E-state index is -0.919. The van der Waals surface area contributed by atoms with Gasteiger partial charge in [-0.2, -0.15) is 5.26 Å². The van der Waals surface area contributed by atoms with Gasteiger partial charge in [0.2, 0.25) is 5.78 Å². The normalized spacial score (nSPS) is 21.9. The molecule has 3 aromatic rings. The van der Waals surface area contributed by atoms with E-state index in [9.17, 15) is 18.4 Å². The number of benzene rings is 2. The molecule has 0 radical (unpaired) electrons. The van der Waals surface area contributed by atoms with Crippen LogP contribution in [0, 0.1) is 34.8 Å². The monoisotopic (exact) mass is 600 g/mol. The number of nitriles is 1. The van der Waals surface area contributed by atoms with E-state index in [-0.39, 0.29) is 35.1 Å². The van der Waals surface area contributed by atoms with Crippen molar-refractivity contribution < 1.29 is 44.6 Å². The maximum Gasteiger partial charge on any atom is 0.307 e. The zero-order valence-electron chi connectivity index (χ0n) is 20.6. The van der Waals surface area contributed by atoms with Gasteiger partial charge in [0.05, 0.1) is 30.9 Å². The first-order valence-electron chi connectivity index (χ1n) is 12.4. The summed E-state index contributed by atoms with van der Waals surface area (Å²) in [5.41, 5.74) is 0.879. The first-order chi connectivity index (χ1) is 17.8. The van der Waals surface area contributed by atoms with E-state index in [2.05, 4.69) is 6.07 Å². The highest BCUT2D eigenvalue weighted by Crippen LogP contribution is 2.40. The average molecular weight is 602 g/mol. The van der Waals surface area contributed by atoms with Gasteiger partial charge >= 0.3 is 5.97 Å². The number of esters is 1. The van der Waals surface area contributed by atoms with E-state index in [0.717, 1.165) is 25.9 Å². The molecule has 3 aliphatic rings. The molecule has 0 N–H and O–H groups in total. The maximum atomic E-state index is 14.0.